The van der Waals surface area contributed by atoms with Crippen LogP contribution in [-0.2, 0) is 10.0 Å². The third kappa shape index (κ3) is 5.28. The number of urea groups is 1. The van der Waals surface area contributed by atoms with Crippen LogP contribution in [0.15, 0.2) is 59.5 Å². The van der Waals surface area contributed by atoms with Gasteiger partial charge in [-0.1, -0.05) is 38.1 Å². The topological polar surface area (TPSA) is 108 Å². The van der Waals surface area contributed by atoms with Crippen LogP contribution < -0.4 is 16.2 Å². The highest BCUT2D eigenvalue weighted by atomic mass is 32.2. The van der Waals surface area contributed by atoms with E-state index in [1.807, 2.05) is 6.07 Å². The van der Waals surface area contributed by atoms with Crippen molar-refractivity contribution in [2.24, 2.45) is 0 Å². The van der Waals surface area contributed by atoms with Gasteiger partial charge < -0.3 is 5.32 Å². The summed E-state index contributed by atoms with van der Waals surface area (Å²) in [5.74, 6) is -0.630. The summed E-state index contributed by atoms with van der Waals surface area (Å²) >= 11 is 0. The number of benzene rings is 2. The van der Waals surface area contributed by atoms with Crippen LogP contribution in [0.2, 0.25) is 0 Å². The van der Waals surface area contributed by atoms with E-state index in [2.05, 4.69) is 16.2 Å². The maximum atomic E-state index is 12.6. The summed E-state index contributed by atoms with van der Waals surface area (Å²) in [6.07, 6.45) is 0. The van der Waals surface area contributed by atoms with Gasteiger partial charge in [-0.3, -0.25) is 10.2 Å². The Morgan fingerprint density at radius 2 is 1.59 bits per heavy atom. The summed E-state index contributed by atoms with van der Waals surface area (Å²) in [6.45, 7) is 4.15. The van der Waals surface area contributed by atoms with Gasteiger partial charge in [-0.05, 0) is 30.3 Å². The van der Waals surface area contributed by atoms with Crippen molar-refractivity contribution in [3.05, 3.63) is 60.2 Å². The smallest absolute Gasteiger partial charge is 0.307 e. The lowest BCUT2D eigenvalue weighted by molar-refractivity contribution is 0.0937. The van der Waals surface area contributed by atoms with Crippen LogP contribution in [0.4, 0.5) is 10.5 Å². The van der Waals surface area contributed by atoms with E-state index < -0.39 is 22.0 Å². The predicted octanol–water partition coefficient (Wildman–Crippen LogP) is 2.18. The van der Waals surface area contributed by atoms with E-state index in [-0.39, 0.29) is 10.5 Å². The van der Waals surface area contributed by atoms with Crippen molar-refractivity contribution < 1.29 is 18.0 Å². The number of hydrogen-bond acceptors (Lipinski definition) is 4. The Kier molecular flexibility index (Phi) is 6.91. The zero-order valence-corrected chi connectivity index (χ0v) is 15.9. The second-order valence-corrected chi connectivity index (χ2v) is 7.45. The monoisotopic (exact) mass is 390 g/mol. The number of nitrogens with zero attached hydrogens (tertiary/aromatic N) is 1. The van der Waals surface area contributed by atoms with Crippen molar-refractivity contribution in [1.82, 2.24) is 15.2 Å². The van der Waals surface area contributed by atoms with Crippen LogP contribution in [0.1, 0.15) is 24.2 Å². The van der Waals surface area contributed by atoms with Gasteiger partial charge >= 0.3 is 6.03 Å². The van der Waals surface area contributed by atoms with Gasteiger partial charge in [0.05, 0.1) is 4.90 Å². The van der Waals surface area contributed by atoms with E-state index in [1.165, 1.54) is 28.6 Å². The van der Waals surface area contributed by atoms with E-state index in [0.717, 1.165) is 0 Å². The zero-order valence-electron chi connectivity index (χ0n) is 15.1. The molecule has 0 aliphatic rings. The number of anilines is 1. The van der Waals surface area contributed by atoms with Crippen LogP contribution in [0.3, 0.4) is 0 Å². The molecule has 0 fully saturated rings. The summed E-state index contributed by atoms with van der Waals surface area (Å²) in [4.78, 5) is 24.1. The Morgan fingerprint density at radius 1 is 0.926 bits per heavy atom. The van der Waals surface area contributed by atoms with Gasteiger partial charge in [-0.25, -0.2) is 18.6 Å². The van der Waals surface area contributed by atoms with E-state index in [9.17, 15) is 18.0 Å². The van der Waals surface area contributed by atoms with E-state index in [1.54, 1.807) is 38.1 Å². The molecule has 27 heavy (non-hydrogen) atoms. The third-order valence-corrected chi connectivity index (χ3v) is 5.81. The number of carbonyl (C=O) groups is 2. The molecule has 0 bridgehead atoms. The molecule has 0 aliphatic carbocycles. The van der Waals surface area contributed by atoms with Crippen LogP contribution >= 0.6 is 0 Å². The Labute approximate surface area is 158 Å². The third-order valence-electron chi connectivity index (χ3n) is 3.76. The summed E-state index contributed by atoms with van der Waals surface area (Å²) in [5, 5.41) is 2.55. The molecule has 2 rings (SSSR count). The van der Waals surface area contributed by atoms with Crippen LogP contribution in [0, 0.1) is 0 Å². The lowest BCUT2D eigenvalue weighted by Gasteiger charge is -2.18. The lowest BCUT2D eigenvalue weighted by atomic mass is 10.2. The Balaban J connectivity index is 2.04. The predicted molar refractivity (Wildman–Crippen MR) is 103 cm³/mol. The van der Waals surface area contributed by atoms with Gasteiger partial charge in [0.1, 0.15) is 0 Å². The molecule has 0 spiro atoms. The second-order valence-electron chi connectivity index (χ2n) is 5.52. The van der Waals surface area contributed by atoms with Gasteiger partial charge in [-0.2, -0.15) is 4.31 Å². The van der Waals surface area contributed by atoms with Crippen LogP contribution in [0.25, 0.3) is 0 Å². The maximum Gasteiger partial charge on any atom is 0.337 e. The summed E-state index contributed by atoms with van der Waals surface area (Å²) < 4.78 is 26.4. The fraction of sp³-hybridized carbons (Fsp3) is 0.222. The van der Waals surface area contributed by atoms with Crippen molar-refractivity contribution in [2.75, 3.05) is 18.4 Å². The standard InChI is InChI=1S/C18H22N4O4S/c1-3-22(4-2)27(25,26)16-12-8-9-14(13-16)17(23)20-21-18(24)19-15-10-6-5-7-11-15/h5-13H,3-4H2,1-2H3,(H,20,23)(H2,19,21,24). The van der Waals surface area contributed by atoms with Crippen LogP contribution in [0.5, 0.6) is 0 Å². The van der Waals surface area contributed by atoms with Gasteiger partial charge in [-0.15, -0.1) is 0 Å². The first-order valence-electron chi connectivity index (χ1n) is 8.41. The summed E-state index contributed by atoms with van der Waals surface area (Å²) in [7, 11) is -3.68. The first kappa shape index (κ1) is 20.4. The molecule has 0 saturated heterocycles. The molecule has 3 amide bonds. The molecule has 2 aromatic rings. The minimum atomic E-state index is -3.68. The lowest BCUT2D eigenvalue weighted by Crippen LogP contribution is -2.44. The molecule has 8 nitrogen and oxygen atoms in total. The Bertz CT molecular complexity index is 897. The van der Waals surface area contributed by atoms with Crippen molar-refractivity contribution in [1.29, 1.82) is 0 Å². The fourth-order valence-electron chi connectivity index (χ4n) is 2.38. The molecule has 0 unspecified atom stereocenters. The number of nitrogens with one attached hydrogen (secondary N) is 3. The molecule has 0 aromatic heterocycles. The first-order chi connectivity index (χ1) is 12.9. The van der Waals surface area contributed by atoms with E-state index in [4.69, 9.17) is 0 Å². The van der Waals surface area contributed by atoms with Gasteiger partial charge in [0.25, 0.3) is 5.91 Å². The van der Waals surface area contributed by atoms with Crippen molar-refractivity contribution in [2.45, 2.75) is 18.7 Å². The number of carbonyl (C=O) groups excluding carboxylic acids is 2. The minimum absolute atomic E-state index is 0.0209. The SMILES string of the molecule is CCN(CC)S(=O)(=O)c1cccc(C(=O)NNC(=O)Nc2ccccc2)c1. The van der Waals surface area contributed by atoms with Crippen molar-refractivity contribution in [3.63, 3.8) is 0 Å². The molecule has 0 atom stereocenters. The number of hydrazine groups is 1. The van der Waals surface area contributed by atoms with Crippen LogP contribution in [-0.4, -0.2) is 37.8 Å². The number of sulfonamides is 1. The molecule has 3 N–H and O–H groups in total. The largest absolute Gasteiger partial charge is 0.337 e. The number of hydrogen-bond donors (Lipinski definition) is 3. The normalized spacial score (nSPS) is 11.1. The highest BCUT2D eigenvalue weighted by Crippen LogP contribution is 2.16. The Hall–Kier alpha value is -2.91. The number of amides is 3. The average Bonchev–Trinajstić information content (AvgIpc) is 2.67. The van der Waals surface area contributed by atoms with Crippen molar-refractivity contribution in [3.8, 4) is 0 Å². The van der Waals surface area contributed by atoms with Gasteiger partial charge in [0, 0.05) is 24.3 Å². The number of rotatable bonds is 6. The van der Waals surface area contributed by atoms with Crippen molar-refractivity contribution >= 4 is 27.6 Å². The quantitative estimate of drug-likeness (QED) is 0.657. The average molecular weight is 390 g/mol. The molecule has 2 aromatic carbocycles. The highest BCUT2D eigenvalue weighted by molar-refractivity contribution is 7.89. The number of para-hydroxylation sites is 1. The first-order valence-corrected chi connectivity index (χ1v) is 9.85. The summed E-state index contributed by atoms with van der Waals surface area (Å²) in [5.41, 5.74) is 5.15. The minimum Gasteiger partial charge on any atom is -0.307 e. The summed E-state index contributed by atoms with van der Waals surface area (Å²) in [6, 6.07) is 13.8. The molecular formula is C18H22N4O4S. The zero-order chi connectivity index (χ0) is 19.9. The Morgan fingerprint density at radius 3 is 2.22 bits per heavy atom. The molecule has 0 heterocycles. The van der Waals surface area contributed by atoms with E-state index >= 15 is 0 Å². The molecule has 0 aliphatic heterocycles. The van der Waals surface area contributed by atoms with Gasteiger partial charge in [0.15, 0.2) is 0 Å². The molecule has 144 valence electrons. The molecule has 0 saturated carbocycles. The molecular weight excluding hydrogens is 368 g/mol. The molecule has 0 radical (unpaired) electrons. The fourth-order valence-corrected chi connectivity index (χ4v) is 3.88. The highest BCUT2D eigenvalue weighted by Gasteiger charge is 2.22. The second kappa shape index (κ2) is 9.15. The maximum absolute atomic E-state index is 12.6. The molecule has 9 heteroatoms. The van der Waals surface area contributed by atoms with Gasteiger partial charge in [0.2, 0.25) is 10.0 Å². The van der Waals surface area contributed by atoms with E-state index in [0.29, 0.717) is 18.8 Å².